The molecule has 0 bridgehead atoms. The smallest absolute Gasteiger partial charge is 0.159 e. The van der Waals surface area contributed by atoms with Gasteiger partial charge in [0.2, 0.25) is 0 Å². The van der Waals surface area contributed by atoms with Crippen molar-refractivity contribution in [2.24, 2.45) is 0 Å². The highest BCUT2D eigenvalue weighted by Gasteiger charge is 2.07. The molecule has 3 aromatic rings. The summed E-state index contributed by atoms with van der Waals surface area (Å²) in [5, 5.41) is 0. The lowest BCUT2D eigenvalue weighted by molar-refractivity contribution is 1.16. The number of anilines is 1. The van der Waals surface area contributed by atoms with E-state index in [1.54, 1.807) is 6.20 Å². The van der Waals surface area contributed by atoms with E-state index in [-0.39, 0.29) is 0 Å². The lowest BCUT2D eigenvalue weighted by atomic mass is 10.1. The second-order valence-corrected chi connectivity index (χ2v) is 5.08. The van der Waals surface area contributed by atoms with E-state index in [0.717, 1.165) is 39.1 Å². The molecule has 3 rings (SSSR count). The number of nitrogen functional groups attached to an aromatic ring is 1. The molecular formula is C16H16N4. The van der Waals surface area contributed by atoms with Crippen LogP contribution in [0.2, 0.25) is 0 Å². The molecule has 1 aromatic carbocycles. The van der Waals surface area contributed by atoms with Gasteiger partial charge in [-0.25, -0.2) is 15.0 Å². The van der Waals surface area contributed by atoms with Crippen molar-refractivity contribution >= 4 is 16.7 Å². The maximum Gasteiger partial charge on any atom is 0.159 e. The molecule has 0 aliphatic carbocycles. The number of benzene rings is 1. The molecule has 4 nitrogen and oxygen atoms in total. The molecule has 0 saturated carbocycles. The van der Waals surface area contributed by atoms with Gasteiger partial charge in [0.1, 0.15) is 5.52 Å². The van der Waals surface area contributed by atoms with E-state index in [0.29, 0.717) is 5.82 Å². The van der Waals surface area contributed by atoms with Crippen LogP contribution in [0.5, 0.6) is 0 Å². The molecule has 20 heavy (non-hydrogen) atoms. The van der Waals surface area contributed by atoms with Crippen LogP contribution in [0.15, 0.2) is 30.5 Å². The molecule has 100 valence electrons. The zero-order valence-corrected chi connectivity index (χ0v) is 11.8. The van der Waals surface area contributed by atoms with Crippen LogP contribution in [0, 0.1) is 20.8 Å². The van der Waals surface area contributed by atoms with Crippen molar-refractivity contribution in [1.82, 2.24) is 15.0 Å². The molecule has 0 unspecified atom stereocenters. The number of aromatic nitrogens is 3. The fourth-order valence-electron chi connectivity index (χ4n) is 2.31. The number of hydrogen-bond donors (Lipinski definition) is 1. The van der Waals surface area contributed by atoms with Crippen LogP contribution in [0.25, 0.3) is 22.4 Å². The Bertz CT molecular complexity index is 809. The third-order valence-electron chi connectivity index (χ3n) is 3.39. The number of pyridine rings is 1. The number of hydrogen-bond acceptors (Lipinski definition) is 4. The van der Waals surface area contributed by atoms with E-state index >= 15 is 0 Å². The Morgan fingerprint density at radius 3 is 2.50 bits per heavy atom. The van der Waals surface area contributed by atoms with Crippen LogP contribution >= 0.6 is 0 Å². The maximum atomic E-state index is 5.85. The Balaban J connectivity index is 2.20. The standard InChI is InChI=1S/C16H16N4/c1-9-7-12(4-5-13(9)17)16-18-8-14-15(20-16)10(2)6-11(3)19-14/h4-8H,17H2,1-3H3. The SMILES string of the molecule is Cc1cc(C)c2nc(-c3ccc(N)c(C)c3)ncc2n1. The monoisotopic (exact) mass is 264 g/mol. The van der Waals surface area contributed by atoms with E-state index in [1.165, 1.54) is 0 Å². The van der Waals surface area contributed by atoms with E-state index in [9.17, 15) is 0 Å². The topological polar surface area (TPSA) is 64.7 Å². The van der Waals surface area contributed by atoms with E-state index in [1.807, 2.05) is 45.0 Å². The van der Waals surface area contributed by atoms with Crippen molar-refractivity contribution in [2.75, 3.05) is 5.73 Å². The molecule has 0 atom stereocenters. The van der Waals surface area contributed by atoms with Crippen LogP contribution in [0.3, 0.4) is 0 Å². The van der Waals surface area contributed by atoms with Gasteiger partial charge in [-0.15, -0.1) is 0 Å². The van der Waals surface area contributed by atoms with Crippen LogP contribution < -0.4 is 5.73 Å². The molecule has 2 N–H and O–H groups in total. The molecule has 0 saturated heterocycles. The second kappa shape index (κ2) is 4.56. The summed E-state index contributed by atoms with van der Waals surface area (Å²) < 4.78 is 0. The number of nitrogens with two attached hydrogens (primary N) is 1. The molecule has 4 heteroatoms. The summed E-state index contributed by atoms with van der Waals surface area (Å²) in [4.78, 5) is 13.5. The Morgan fingerprint density at radius 1 is 0.950 bits per heavy atom. The third-order valence-corrected chi connectivity index (χ3v) is 3.39. The highest BCUT2D eigenvalue weighted by molar-refractivity contribution is 5.79. The average Bonchev–Trinajstić information content (AvgIpc) is 2.41. The summed E-state index contributed by atoms with van der Waals surface area (Å²) in [6.45, 7) is 6.00. The van der Waals surface area contributed by atoms with Crippen molar-refractivity contribution in [1.29, 1.82) is 0 Å². The van der Waals surface area contributed by atoms with Gasteiger partial charge < -0.3 is 5.73 Å². The Kier molecular flexibility index (Phi) is 2.86. The lowest BCUT2D eigenvalue weighted by Gasteiger charge is -2.07. The first kappa shape index (κ1) is 12.5. The summed E-state index contributed by atoms with van der Waals surface area (Å²) in [7, 11) is 0. The fourth-order valence-corrected chi connectivity index (χ4v) is 2.31. The molecule has 0 amide bonds. The van der Waals surface area contributed by atoms with Gasteiger partial charge >= 0.3 is 0 Å². The van der Waals surface area contributed by atoms with E-state index in [2.05, 4.69) is 15.0 Å². The minimum absolute atomic E-state index is 0.703. The van der Waals surface area contributed by atoms with Crippen LogP contribution in [-0.2, 0) is 0 Å². The van der Waals surface area contributed by atoms with Gasteiger partial charge in [-0.05, 0) is 56.2 Å². The summed E-state index contributed by atoms with van der Waals surface area (Å²) in [5.74, 6) is 0.703. The summed E-state index contributed by atoms with van der Waals surface area (Å²) >= 11 is 0. The zero-order valence-electron chi connectivity index (χ0n) is 11.8. The van der Waals surface area contributed by atoms with Crippen LogP contribution in [0.4, 0.5) is 5.69 Å². The molecule has 2 heterocycles. The van der Waals surface area contributed by atoms with Crippen molar-refractivity contribution in [3.8, 4) is 11.4 Å². The number of rotatable bonds is 1. The third kappa shape index (κ3) is 2.09. The summed E-state index contributed by atoms with van der Waals surface area (Å²) in [5.41, 5.74) is 12.5. The first-order chi connectivity index (χ1) is 9.54. The van der Waals surface area contributed by atoms with Gasteiger partial charge in [0.25, 0.3) is 0 Å². The summed E-state index contributed by atoms with van der Waals surface area (Å²) in [6.07, 6.45) is 1.78. The predicted octanol–water partition coefficient (Wildman–Crippen LogP) is 3.20. The second-order valence-electron chi connectivity index (χ2n) is 5.08. The van der Waals surface area contributed by atoms with Gasteiger partial charge in [0.05, 0.1) is 11.7 Å². The predicted molar refractivity (Wildman–Crippen MR) is 81.4 cm³/mol. The number of nitrogens with zero attached hydrogens (tertiary/aromatic N) is 3. The normalized spacial score (nSPS) is 10.9. The number of aryl methyl sites for hydroxylation is 3. The maximum absolute atomic E-state index is 5.85. The molecule has 0 aliphatic heterocycles. The van der Waals surface area contributed by atoms with Crippen molar-refractivity contribution in [3.63, 3.8) is 0 Å². The highest BCUT2D eigenvalue weighted by Crippen LogP contribution is 2.23. The number of fused-ring (bicyclic) bond motifs is 1. The molecule has 2 aromatic heterocycles. The largest absolute Gasteiger partial charge is 0.399 e. The minimum Gasteiger partial charge on any atom is -0.399 e. The van der Waals surface area contributed by atoms with E-state index in [4.69, 9.17) is 5.73 Å². The Labute approximate surface area is 117 Å². The fraction of sp³-hybridized carbons (Fsp3) is 0.188. The van der Waals surface area contributed by atoms with Crippen molar-refractivity contribution in [2.45, 2.75) is 20.8 Å². The van der Waals surface area contributed by atoms with Crippen molar-refractivity contribution in [3.05, 3.63) is 47.3 Å². The summed E-state index contributed by atoms with van der Waals surface area (Å²) in [6, 6.07) is 7.87. The molecule has 0 fully saturated rings. The van der Waals surface area contributed by atoms with E-state index < -0.39 is 0 Å². The van der Waals surface area contributed by atoms with Crippen LogP contribution in [-0.4, -0.2) is 15.0 Å². The van der Waals surface area contributed by atoms with Gasteiger partial charge in [-0.1, -0.05) is 0 Å². The minimum atomic E-state index is 0.703. The van der Waals surface area contributed by atoms with Gasteiger partial charge in [-0.2, -0.15) is 0 Å². The zero-order chi connectivity index (χ0) is 14.3. The average molecular weight is 264 g/mol. The van der Waals surface area contributed by atoms with Gasteiger partial charge in [0, 0.05) is 16.9 Å². The Hall–Kier alpha value is -2.49. The first-order valence-electron chi connectivity index (χ1n) is 6.52. The van der Waals surface area contributed by atoms with Gasteiger partial charge in [-0.3, -0.25) is 0 Å². The molecular weight excluding hydrogens is 248 g/mol. The van der Waals surface area contributed by atoms with Gasteiger partial charge in [0.15, 0.2) is 5.82 Å². The molecule has 0 spiro atoms. The Morgan fingerprint density at radius 2 is 1.75 bits per heavy atom. The van der Waals surface area contributed by atoms with Crippen molar-refractivity contribution < 1.29 is 0 Å². The highest BCUT2D eigenvalue weighted by atomic mass is 14.9. The van der Waals surface area contributed by atoms with Crippen LogP contribution in [0.1, 0.15) is 16.8 Å². The molecule has 0 radical (unpaired) electrons. The quantitative estimate of drug-likeness (QED) is 0.685. The molecule has 0 aliphatic rings. The lowest BCUT2D eigenvalue weighted by Crippen LogP contribution is -1.96. The first-order valence-corrected chi connectivity index (χ1v) is 6.52.